The van der Waals surface area contributed by atoms with Gasteiger partial charge in [0.1, 0.15) is 12.1 Å². The van der Waals surface area contributed by atoms with E-state index in [9.17, 15) is 27.6 Å². The average molecular weight is 467 g/mol. The Morgan fingerprint density at radius 2 is 1.58 bits per heavy atom. The lowest BCUT2D eigenvalue weighted by atomic mass is 9.81. The third-order valence-electron chi connectivity index (χ3n) is 7.19. The predicted octanol–water partition coefficient (Wildman–Crippen LogP) is 2.95. The number of hydrogen-bond donors (Lipinski definition) is 0. The lowest BCUT2D eigenvalue weighted by molar-refractivity contribution is -0.141. The van der Waals surface area contributed by atoms with Crippen molar-refractivity contribution >= 4 is 17.8 Å². The summed E-state index contributed by atoms with van der Waals surface area (Å²) in [6, 6.07) is 4.70. The van der Waals surface area contributed by atoms with E-state index in [4.69, 9.17) is 0 Å². The van der Waals surface area contributed by atoms with E-state index in [2.05, 4.69) is 4.90 Å². The van der Waals surface area contributed by atoms with Crippen LogP contribution in [0.25, 0.3) is 0 Å². The molecule has 1 spiro atoms. The number of carbonyl (C=O) groups is 3. The van der Waals surface area contributed by atoms with Gasteiger partial charge in [-0.05, 0) is 30.5 Å². The smallest absolute Gasteiger partial charge is 0.339 e. The zero-order chi connectivity index (χ0) is 23.8. The van der Waals surface area contributed by atoms with Gasteiger partial charge in [0, 0.05) is 39.8 Å². The third kappa shape index (κ3) is 4.58. The number of amides is 4. The summed E-state index contributed by atoms with van der Waals surface area (Å²) < 4.78 is 38.2. The maximum atomic E-state index is 13.1. The normalized spacial score (nSPS) is 21.9. The fourth-order valence-corrected chi connectivity index (χ4v) is 5.12. The largest absolute Gasteiger partial charge is 0.416 e. The fourth-order valence-electron chi connectivity index (χ4n) is 5.12. The first kappa shape index (κ1) is 23.5. The number of nitrogens with zero attached hydrogens (tertiary/aromatic N) is 4. The molecule has 0 atom stereocenters. The molecule has 2 aliphatic heterocycles. The van der Waals surface area contributed by atoms with Crippen molar-refractivity contribution in [1.29, 1.82) is 0 Å². The topological polar surface area (TPSA) is 64.2 Å². The van der Waals surface area contributed by atoms with Gasteiger partial charge in [-0.1, -0.05) is 31.4 Å². The molecule has 4 rings (SSSR count). The molecule has 1 aromatic carbocycles. The highest BCUT2D eigenvalue weighted by Gasteiger charge is 2.56. The number of benzene rings is 1. The van der Waals surface area contributed by atoms with Crippen molar-refractivity contribution in [1.82, 2.24) is 19.6 Å². The summed E-state index contributed by atoms with van der Waals surface area (Å²) >= 11 is 0. The molecule has 3 aliphatic rings. The Morgan fingerprint density at radius 3 is 2.15 bits per heavy atom. The number of rotatable bonds is 4. The van der Waals surface area contributed by atoms with Gasteiger partial charge in [0.15, 0.2) is 0 Å². The molecule has 0 aromatic heterocycles. The van der Waals surface area contributed by atoms with Gasteiger partial charge in [-0.25, -0.2) is 4.79 Å². The Kier molecular flexibility index (Phi) is 6.39. The van der Waals surface area contributed by atoms with Gasteiger partial charge in [0.05, 0.1) is 5.56 Å². The number of hydrogen-bond acceptors (Lipinski definition) is 4. The predicted molar refractivity (Wildman–Crippen MR) is 114 cm³/mol. The summed E-state index contributed by atoms with van der Waals surface area (Å²) in [5.74, 6) is -0.517. The van der Waals surface area contributed by atoms with E-state index in [0.717, 1.165) is 41.9 Å². The minimum Gasteiger partial charge on any atom is -0.339 e. The van der Waals surface area contributed by atoms with Crippen LogP contribution in [0.5, 0.6) is 0 Å². The van der Waals surface area contributed by atoms with Crippen LogP contribution >= 0.6 is 0 Å². The van der Waals surface area contributed by atoms with E-state index < -0.39 is 23.3 Å². The van der Waals surface area contributed by atoms with Crippen LogP contribution in [0.4, 0.5) is 18.0 Å². The molecule has 1 saturated carbocycles. The Labute approximate surface area is 191 Å². The number of carbonyl (C=O) groups excluding carboxylic acids is 3. The molecule has 3 fully saturated rings. The molecule has 0 bridgehead atoms. The van der Waals surface area contributed by atoms with Crippen LogP contribution in [0.2, 0.25) is 0 Å². The number of piperazine rings is 1. The van der Waals surface area contributed by atoms with Gasteiger partial charge < -0.3 is 9.80 Å². The SMILES string of the molecule is CN1C(=O)N(CC(=O)N2CCN(Cc3ccc(C(F)(F)F)cc3)CC2)C(=O)C12CCCCC2. The van der Waals surface area contributed by atoms with E-state index in [0.29, 0.717) is 45.6 Å². The maximum Gasteiger partial charge on any atom is 0.416 e. The van der Waals surface area contributed by atoms with E-state index >= 15 is 0 Å². The van der Waals surface area contributed by atoms with Crippen molar-refractivity contribution in [2.75, 3.05) is 39.8 Å². The van der Waals surface area contributed by atoms with E-state index in [-0.39, 0.29) is 18.4 Å². The molecule has 0 unspecified atom stereocenters. The van der Waals surface area contributed by atoms with Crippen LogP contribution in [0, 0.1) is 0 Å². The second-order valence-corrected chi connectivity index (χ2v) is 9.18. The molecule has 0 N–H and O–H groups in total. The lowest BCUT2D eigenvalue weighted by Gasteiger charge is -2.36. The monoisotopic (exact) mass is 466 g/mol. The summed E-state index contributed by atoms with van der Waals surface area (Å²) in [7, 11) is 1.65. The molecule has 1 aromatic rings. The van der Waals surface area contributed by atoms with Crippen molar-refractivity contribution in [2.45, 2.75) is 50.4 Å². The van der Waals surface area contributed by atoms with Crippen LogP contribution in [-0.2, 0) is 22.3 Å². The van der Waals surface area contributed by atoms with Crippen LogP contribution < -0.4 is 0 Å². The van der Waals surface area contributed by atoms with Gasteiger partial charge in [0.2, 0.25) is 5.91 Å². The number of urea groups is 1. The first-order valence-corrected chi connectivity index (χ1v) is 11.4. The van der Waals surface area contributed by atoms with Gasteiger partial charge >= 0.3 is 12.2 Å². The van der Waals surface area contributed by atoms with Crippen LogP contribution in [0.15, 0.2) is 24.3 Å². The maximum absolute atomic E-state index is 13.1. The van der Waals surface area contributed by atoms with Crippen molar-refractivity contribution < 1.29 is 27.6 Å². The average Bonchev–Trinajstić information content (AvgIpc) is 2.96. The van der Waals surface area contributed by atoms with E-state index in [1.165, 1.54) is 17.0 Å². The Bertz CT molecular complexity index is 905. The summed E-state index contributed by atoms with van der Waals surface area (Å²) in [6.45, 7) is 2.27. The van der Waals surface area contributed by atoms with Crippen LogP contribution in [0.1, 0.15) is 43.2 Å². The van der Waals surface area contributed by atoms with Crippen molar-refractivity contribution in [3.05, 3.63) is 35.4 Å². The van der Waals surface area contributed by atoms with Gasteiger partial charge in [-0.3, -0.25) is 19.4 Å². The molecule has 1 aliphatic carbocycles. The Hall–Kier alpha value is -2.62. The Morgan fingerprint density at radius 1 is 0.970 bits per heavy atom. The summed E-state index contributed by atoms with van der Waals surface area (Å²) in [4.78, 5) is 45.0. The third-order valence-corrected chi connectivity index (χ3v) is 7.19. The van der Waals surface area contributed by atoms with Gasteiger partial charge in [-0.15, -0.1) is 0 Å². The first-order chi connectivity index (χ1) is 15.6. The summed E-state index contributed by atoms with van der Waals surface area (Å²) in [5, 5.41) is 0. The highest BCUT2D eigenvalue weighted by molar-refractivity contribution is 6.08. The first-order valence-electron chi connectivity index (χ1n) is 11.4. The van der Waals surface area contributed by atoms with Crippen LogP contribution in [0.3, 0.4) is 0 Å². The summed E-state index contributed by atoms with van der Waals surface area (Å²) in [5.41, 5.74) is -0.694. The molecule has 2 heterocycles. The molecule has 7 nitrogen and oxygen atoms in total. The van der Waals surface area contributed by atoms with Crippen molar-refractivity contribution in [3.63, 3.8) is 0 Å². The molecular weight excluding hydrogens is 437 g/mol. The number of alkyl halides is 3. The number of halogens is 3. The Balaban J connectivity index is 1.30. The quantitative estimate of drug-likeness (QED) is 0.641. The minimum atomic E-state index is -4.35. The standard InChI is InChI=1S/C23H29F3N4O3/c1-27-21(33)30(20(32)22(27)9-3-2-4-10-22)16-19(31)29-13-11-28(12-14-29)15-17-5-7-18(8-6-17)23(24,25)26/h5-8H,2-4,9-16H2,1H3. The molecule has 33 heavy (non-hydrogen) atoms. The second kappa shape index (κ2) is 8.96. The zero-order valence-electron chi connectivity index (χ0n) is 18.7. The van der Waals surface area contributed by atoms with Gasteiger partial charge in [0.25, 0.3) is 5.91 Å². The lowest BCUT2D eigenvalue weighted by Crippen LogP contribution is -2.52. The molecule has 10 heteroatoms. The number of imide groups is 1. The molecule has 2 saturated heterocycles. The second-order valence-electron chi connectivity index (χ2n) is 9.18. The molecule has 0 radical (unpaired) electrons. The fraction of sp³-hybridized carbons (Fsp3) is 0.609. The van der Waals surface area contributed by atoms with E-state index in [1.54, 1.807) is 11.9 Å². The zero-order valence-corrected chi connectivity index (χ0v) is 18.7. The molecule has 4 amide bonds. The molecular formula is C23H29F3N4O3. The van der Waals surface area contributed by atoms with Gasteiger partial charge in [-0.2, -0.15) is 13.2 Å². The van der Waals surface area contributed by atoms with Crippen LogP contribution in [-0.4, -0.2) is 82.8 Å². The highest BCUT2D eigenvalue weighted by Crippen LogP contribution is 2.39. The minimum absolute atomic E-state index is 0.247. The van der Waals surface area contributed by atoms with Crippen molar-refractivity contribution in [3.8, 4) is 0 Å². The highest BCUT2D eigenvalue weighted by atomic mass is 19.4. The molecule has 180 valence electrons. The van der Waals surface area contributed by atoms with E-state index in [1.807, 2.05) is 0 Å². The summed E-state index contributed by atoms with van der Waals surface area (Å²) in [6.07, 6.45) is -0.234. The number of likely N-dealkylation sites (N-methyl/N-ethyl adjacent to an activating group) is 1. The van der Waals surface area contributed by atoms with Crippen molar-refractivity contribution in [2.24, 2.45) is 0 Å².